The Labute approximate surface area is 118 Å². The van der Waals surface area contributed by atoms with Gasteiger partial charge in [-0.1, -0.05) is 6.07 Å². The number of rotatable bonds is 3. The van der Waals surface area contributed by atoms with Crippen molar-refractivity contribution in [3.05, 3.63) is 23.8 Å². The predicted octanol–water partition coefficient (Wildman–Crippen LogP) is 1.28. The van der Waals surface area contributed by atoms with Crippen LogP contribution in [-0.2, 0) is 0 Å². The maximum atomic E-state index is 12.8. The van der Waals surface area contributed by atoms with Crippen molar-refractivity contribution in [1.29, 1.82) is 0 Å². The standard InChI is InChI=1S/C15H20N2O3/c1-16-10-11-4-3-7-17(11)15(18)12-5-2-6-13-14(12)20-9-8-19-13/h2,5-6,11,16H,3-4,7-10H2,1H3. The van der Waals surface area contributed by atoms with Crippen LogP contribution in [0.25, 0.3) is 0 Å². The van der Waals surface area contributed by atoms with Crippen molar-refractivity contribution in [3.63, 3.8) is 0 Å². The Morgan fingerprint density at radius 1 is 1.40 bits per heavy atom. The molecule has 5 nitrogen and oxygen atoms in total. The largest absolute Gasteiger partial charge is 0.486 e. The first-order valence-corrected chi connectivity index (χ1v) is 7.15. The van der Waals surface area contributed by atoms with Crippen LogP contribution in [-0.4, -0.2) is 50.2 Å². The molecule has 1 amide bonds. The van der Waals surface area contributed by atoms with E-state index in [0.717, 1.165) is 25.9 Å². The predicted molar refractivity (Wildman–Crippen MR) is 75.4 cm³/mol. The number of fused-ring (bicyclic) bond motifs is 1. The van der Waals surface area contributed by atoms with E-state index < -0.39 is 0 Å². The maximum Gasteiger partial charge on any atom is 0.258 e. The molecular weight excluding hydrogens is 256 g/mol. The molecule has 3 rings (SSSR count). The Bertz CT molecular complexity index is 504. The van der Waals surface area contributed by atoms with Gasteiger partial charge in [0.1, 0.15) is 13.2 Å². The van der Waals surface area contributed by atoms with Crippen LogP contribution in [0.5, 0.6) is 11.5 Å². The Morgan fingerprint density at radius 3 is 3.10 bits per heavy atom. The summed E-state index contributed by atoms with van der Waals surface area (Å²) in [6, 6.07) is 5.79. The number of ether oxygens (including phenoxy) is 2. The third-order valence-electron chi connectivity index (χ3n) is 3.87. The fourth-order valence-corrected chi connectivity index (χ4v) is 2.95. The molecule has 1 N–H and O–H groups in total. The zero-order valence-electron chi connectivity index (χ0n) is 11.7. The number of likely N-dealkylation sites (N-methyl/N-ethyl adjacent to an activating group) is 1. The third-order valence-corrected chi connectivity index (χ3v) is 3.87. The van der Waals surface area contributed by atoms with Gasteiger partial charge in [-0.15, -0.1) is 0 Å². The highest BCUT2D eigenvalue weighted by Crippen LogP contribution is 2.35. The average Bonchev–Trinajstić information content (AvgIpc) is 2.94. The highest BCUT2D eigenvalue weighted by molar-refractivity contribution is 5.98. The number of hydrogen-bond acceptors (Lipinski definition) is 4. The lowest BCUT2D eigenvalue weighted by Crippen LogP contribution is -2.41. The van der Waals surface area contributed by atoms with E-state index in [9.17, 15) is 4.79 Å². The molecule has 108 valence electrons. The van der Waals surface area contributed by atoms with Crippen LogP contribution in [0.15, 0.2) is 18.2 Å². The Hall–Kier alpha value is -1.75. The molecule has 5 heteroatoms. The van der Waals surface area contributed by atoms with Crippen molar-refractivity contribution in [2.75, 3.05) is 33.4 Å². The number of para-hydroxylation sites is 1. The number of likely N-dealkylation sites (tertiary alicyclic amines) is 1. The normalized spacial score (nSPS) is 21.1. The van der Waals surface area contributed by atoms with Crippen LogP contribution in [0, 0.1) is 0 Å². The summed E-state index contributed by atoms with van der Waals surface area (Å²) in [5.74, 6) is 1.32. The van der Waals surface area contributed by atoms with Crippen LogP contribution in [0.1, 0.15) is 23.2 Å². The number of carbonyl (C=O) groups is 1. The van der Waals surface area contributed by atoms with Crippen molar-refractivity contribution in [1.82, 2.24) is 10.2 Å². The van der Waals surface area contributed by atoms with Crippen LogP contribution < -0.4 is 14.8 Å². The molecule has 2 aliphatic rings. The summed E-state index contributed by atoms with van der Waals surface area (Å²) in [5.41, 5.74) is 0.616. The van der Waals surface area contributed by atoms with Gasteiger partial charge >= 0.3 is 0 Å². The van der Waals surface area contributed by atoms with E-state index in [4.69, 9.17) is 9.47 Å². The Kier molecular flexibility index (Phi) is 3.78. The summed E-state index contributed by atoms with van der Waals surface area (Å²) in [7, 11) is 1.92. The van der Waals surface area contributed by atoms with E-state index in [2.05, 4.69) is 5.32 Å². The lowest BCUT2D eigenvalue weighted by atomic mass is 10.1. The first-order chi connectivity index (χ1) is 9.81. The first kappa shape index (κ1) is 13.2. The number of benzene rings is 1. The van der Waals surface area contributed by atoms with Gasteiger partial charge in [-0.25, -0.2) is 0 Å². The van der Waals surface area contributed by atoms with E-state index in [1.165, 1.54) is 0 Å². The summed E-state index contributed by atoms with van der Waals surface area (Å²) in [6.45, 7) is 2.68. The first-order valence-electron chi connectivity index (χ1n) is 7.15. The van der Waals surface area contributed by atoms with Gasteiger partial charge in [-0.05, 0) is 32.0 Å². The van der Waals surface area contributed by atoms with Gasteiger partial charge in [-0.3, -0.25) is 4.79 Å². The number of nitrogens with one attached hydrogen (secondary N) is 1. The molecule has 0 saturated carbocycles. The molecule has 20 heavy (non-hydrogen) atoms. The Balaban J connectivity index is 1.87. The number of carbonyl (C=O) groups excluding carboxylic acids is 1. The van der Waals surface area contributed by atoms with E-state index in [0.29, 0.717) is 30.3 Å². The minimum Gasteiger partial charge on any atom is -0.486 e. The van der Waals surface area contributed by atoms with Crippen molar-refractivity contribution in [2.45, 2.75) is 18.9 Å². The van der Waals surface area contributed by atoms with Gasteiger partial charge in [0.15, 0.2) is 11.5 Å². The molecule has 1 aromatic carbocycles. The molecule has 2 aliphatic heterocycles. The van der Waals surface area contributed by atoms with Gasteiger partial charge in [0, 0.05) is 19.1 Å². The molecule has 1 aromatic rings. The summed E-state index contributed by atoms with van der Waals surface area (Å²) >= 11 is 0. The fraction of sp³-hybridized carbons (Fsp3) is 0.533. The zero-order chi connectivity index (χ0) is 13.9. The molecule has 2 heterocycles. The van der Waals surface area contributed by atoms with E-state index in [-0.39, 0.29) is 11.9 Å². The van der Waals surface area contributed by atoms with Crippen LogP contribution in [0.3, 0.4) is 0 Å². The van der Waals surface area contributed by atoms with E-state index in [1.807, 2.05) is 30.1 Å². The van der Waals surface area contributed by atoms with Gasteiger partial charge in [0.25, 0.3) is 5.91 Å². The summed E-state index contributed by atoms with van der Waals surface area (Å²) in [5, 5.41) is 3.16. The minimum atomic E-state index is 0.0464. The quantitative estimate of drug-likeness (QED) is 0.903. The third kappa shape index (κ3) is 2.33. The Morgan fingerprint density at radius 2 is 2.25 bits per heavy atom. The zero-order valence-corrected chi connectivity index (χ0v) is 11.7. The van der Waals surface area contributed by atoms with Crippen molar-refractivity contribution in [3.8, 4) is 11.5 Å². The molecule has 0 aliphatic carbocycles. The molecule has 0 aromatic heterocycles. The molecular formula is C15H20N2O3. The highest BCUT2D eigenvalue weighted by atomic mass is 16.6. The summed E-state index contributed by atoms with van der Waals surface area (Å²) in [4.78, 5) is 14.7. The second-order valence-electron chi connectivity index (χ2n) is 5.18. The topological polar surface area (TPSA) is 50.8 Å². The van der Waals surface area contributed by atoms with Crippen LogP contribution in [0.4, 0.5) is 0 Å². The molecule has 1 unspecified atom stereocenters. The number of nitrogens with zero attached hydrogens (tertiary/aromatic N) is 1. The van der Waals surface area contributed by atoms with Crippen LogP contribution in [0.2, 0.25) is 0 Å². The molecule has 0 bridgehead atoms. The summed E-state index contributed by atoms with van der Waals surface area (Å²) < 4.78 is 11.2. The molecule has 0 radical (unpaired) electrons. The molecule has 0 spiro atoms. The fourth-order valence-electron chi connectivity index (χ4n) is 2.95. The summed E-state index contributed by atoms with van der Waals surface area (Å²) in [6.07, 6.45) is 2.11. The van der Waals surface area contributed by atoms with Crippen molar-refractivity contribution >= 4 is 5.91 Å². The maximum absolute atomic E-state index is 12.8. The lowest BCUT2D eigenvalue weighted by Gasteiger charge is -2.27. The van der Waals surface area contributed by atoms with Gasteiger partial charge in [-0.2, -0.15) is 0 Å². The lowest BCUT2D eigenvalue weighted by molar-refractivity contribution is 0.0726. The average molecular weight is 276 g/mol. The van der Waals surface area contributed by atoms with Crippen LogP contribution >= 0.6 is 0 Å². The van der Waals surface area contributed by atoms with Crippen molar-refractivity contribution in [2.24, 2.45) is 0 Å². The SMILES string of the molecule is CNCC1CCCN1C(=O)c1cccc2c1OCCO2. The van der Waals surface area contributed by atoms with Gasteiger partial charge < -0.3 is 19.7 Å². The van der Waals surface area contributed by atoms with Gasteiger partial charge in [0.05, 0.1) is 5.56 Å². The minimum absolute atomic E-state index is 0.0464. The van der Waals surface area contributed by atoms with E-state index >= 15 is 0 Å². The number of amides is 1. The molecule has 1 atom stereocenters. The molecule has 1 fully saturated rings. The van der Waals surface area contributed by atoms with E-state index in [1.54, 1.807) is 0 Å². The highest BCUT2D eigenvalue weighted by Gasteiger charge is 2.31. The van der Waals surface area contributed by atoms with Gasteiger partial charge in [0.2, 0.25) is 0 Å². The smallest absolute Gasteiger partial charge is 0.258 e. The second kappa shape index (κ2) is 5.71. The molecule has 1 saturated heterocycles. The number of hydrogen-bond donors (Lipinski definition) is 1. The monoisotopic (exact) mass is 276 g/mol. The second-order valence-corrected chi connectivity index (χ2v) is 5.18. The van der Waals surface area contributed by atoms with Crippen molar-refractivity contribution < 1.29 is 14.3 Å².